The molecule has 0 aromatic heterocycles. The number of allylic oxidation sites excluding steroid dienone is 1. The van der Waals surface area contributed by atoms with Gasteiger partial charge in [0.2, 0.25) is 0 Å². The van der Waals surface area contributed by atoms with Gasteiger partial charge in [-0.2, -0.15) is 0 Å². The largest absolute Gasteiger partial charge is 0.115 e. The minimum atomic E-state index is 0.946. The molecule has 0 aromatic rings. The molecule has 0 aliphatic rings. The summed E-state index contributed by atoms with van der Waals surface area (Å²) in [5.74, 6) is 2.56. The van der Waals surface area contributed by atoms with Gasteiger partial charge in [-0.25, -0.2) is 0 Å². The Labute approximate surface area is 70.7 Å². The van der Waals surface area contributed by atoms with Crippen LogP contribution in [-0.2, 0) is 0 Å². The van der Waals surface area contributed by atoms with E-state index >= 15 is 0 Å². The molecule has 0 nitrogen and oxygen atoms in total. The number of hydrogen-bond donors (Lipinski definition) is 0. The molecule has 0 aliphatic heterocycles. The minimum absolute atomic E-state index is 0.946. The van der Waals surface area contributed by atoms with Gasteiger partial charge in [-0.1, -0.05) is 45.1 Å². The van der Waals surface area contributed by atoms with Crippen molar-refractivity contribution in [2.45, 2.75) is 45.4 Å². The van der Waals surface area contributed by atoms with Crippen molar-refractivity contribution in [3.8, 4) is 12.3 Å². The van der Waals surface area contributed by atoms with Crippen molar-refractivity contribution in [3.63, 3.8) is 0 Å². The van der Waals surface area contributed by atoms with Crippen LogP contribution in [0.1, 0.15) is 45.4 Å². The van der Waals surface area contributed by atoms with Gasteiger partial charge in [0.1, 0.15) is 0 Å². The topological polar surface area (TPSA) is 0 Å². The van der Waals surface area contributed by atoms with Gasteiger partial charge < -0.3 is 0 Å². The first kappa shape index (κ1) is 10.3. The van der Waals surface area contributed by atoms with Crippen LogP contribution < -0.4 is 0 Å². The van der Waals surface area contributed by atoms with E-state index in [1.54, 1.807) is 0 Å². The molecule has 0 N–H and O–H groups in total. The fourth-order valence-electron chi connectivity index (χ4n) is 1.01. The van der Waals surface area contributed by atoms with E-state index in [0.29, 0.717) is 0 Å². The summed E-state index contributed by atoms with van der Waals surface area (Å²) in [6, 6.07) is 0. The normalized spacial score (nSPS) is 9.09. The van der Waals surface area contributed by atoms with Crippen molar-refractivity contribution in [3.05, 3.63) is 12.2 Å². The van der Waals surface area contributed by atoms with Crippen LogP contribution in [0.2, 0.25) is 0 Å². The molecular formula is C11H18. The lowest BCUT2D eigenvalue weighted by molar-refractivity contribution is 0.634. The zero-order chi connectivity index (χ0) is 8.53. The second-order valence-electron chi connectivity index (χ2n) is 2.91. The Morgan fingerprint density at radius 2 is 1.91 bits per heavy atom. The fourth-order valence-corrected chi connectivity index (χ4v) is 1.01. The lowest BCUT2D eigenvalue weighted by Gasteiger charge is -1.98. The van der Waals surface area contributed by atoms with Crippen molar-refractivity contribution >= 4 is 0 Å². The Bertz CT molecular complexity index is 137. The molecule has 0 radical (unpaired) electrons. The third-order valence-corrected chi connectivity index (χ3v) is 1.79. The van der Waals surface area contributed by atoms with Crippen LogP contribution in [0.15, 0.2) is 12.2 Å². The summed E-state index contributed by atoms with van der Waals surface area (Å²) < 4.78 is 0. The molecule has 0 atom stereocenters. The minimum Gasteiger partial charge on any atom is -0.115 e. The first-order chi connectivity index (χ1) is 5.31. The van der Waals surface area contributed by atoms with E-state index in [1.807, 2.05) is 0 Å². The number of terminal acetylenes is 1. The molecule has 0 unspecified atom stereocenters. The molecule has 0 heteroatoms. The number of rotatable bonds is 6. The third kappa shape index (κ3) is 7.19. The Morgan fingerprint density at radius 3 is 2.45 bits per heavy atom. The summed E-state index contributed by atoms with van der Waals surface area (Å²) in [6.45, 7) is 5.98. The monoisotopic (exact) mass is 150 g/mol. The van der Waals surface area contributed by atoms with Crippen LogP contribution in [0, 0.1) is 12.3 Å². The molecular weight excluding hydrogens is 132 g/mol. The van der Waals surface area contributed by atoms with Crippen LogP contribution in [0.25, 0.3) is 0 Å². The maximum absolute atomic E-state index is 5.16. The van der Waals surface area contributed by atoms with E-state index in [4.69, 9.17) is 6.42 Å². The van der Waals surface area contributed by atoms with Crippen LogP contribution in [0.3, 0.4) is 0 Å². The van der Waals surface area contributed by atoms with E-state index in [1.165, 1.54) is 32.1 Å². The molecule has 0 rings (SSSR count). The standard InChI is InChI=1S/C11H18/c1-4-6-7-8-9-10-11(3)5-2/h2H,3-4,6-10H2,1H3. The average molecular weight is 150 g/mol. The van der Waals surface area contributed by atoms with Gasteiger partial charge in [-0.05, 0) is 18.4 Å². The maximum Gasteiger partial charge on any atom is -0.00542 e. The van der Waals surface area contributed by atoms with Crippen molar-refractivity contribution in [2.24, 2.45) is 0 Å². The second kappa shape index (κ2) is 7.41. The summed E-state index contributed by atoms with van der Waals surface area (Å²) in [4.78, 5) is 0. The summed E-state index contributed by atoms with van der Waals surface area (Å²) in [7, 11) is 0. The Morgan fingerprint density at radius 1 is 1.27 bits per heavy atom. The first-order valence-corrected chi connectivity index (χ1v) is 4.45. The molecule has 0 heterocycles. The molecule has 62 valence electrons. The molecule has 0 amide bonds. The van der Waals surface area contributed by atoms with E-state index in [-0.39, 0.29) is 0 Å². The van der Waals surface area contributed by atoms with Crippen molar-refractivity contribution in [1.82, 2.24) is 0 Å². The third-order valence-electron chi connectivity index (χ3n) is 1.79. The molecule has 0 saturated heterocycles. The van der Waals surface area contributed by atoms with Gasteiger partial charge in [0.05, 0.1) is 0 Å². The summed E-state index contributed by atoms with van der Waals surface area (Å²) in [5, 5.41) is 0. The van der Waals surface area contributed by atoms with Gasteiger partial charge in [0, 0.05) is 0 Å². The quantitative estimate of drug-likeness (QED) is 0.401. The van der Waals surface area contributed by atoms with Crippen molar-refractivity contribution in [2.75, 3.05) is 0 Å². The van der Waals surface area contributed by atoms with Gasteiger partial charge in [-0.15, -0.1) is 6.42 Å². The van der Waals surface area contributed by atoms with E-state index in [9.17, 15) is 0 Å². The fraction of sp³-hybridized carbons (Fsp3) is 0.636. The zero-order valence-corrected chi connectivity index (χ0v) is 7.53. The van der Waals surface area contributed by atoms with Gasteiger partial charge >= 0.3 is 0 Å². The predicted molar refractivity (Wildman–Crippen MR) is 51.3 cm³/mol. The molecule has 0 aliphatic carbocycles. The van der Waals surface area contributed by atoms with Crippen LogP contribution >= 0.6 is 0 Å². The van der Waals surface area contributed by atoms with Gasteiger partial charge in [0.15, 0.2) is 0 Å². The molecule has 0 aromatic carbocycles. The zero-order valence-electron chi connectivity index (χ0n) is 7.53. The van der Waals surface area contributed by atoms with Gasteiger partial charge in [0.25, 0.3) is 0 Å². The number of hydrogen-bond acceptors (Lipinski definition) is 0. The first-order valence-electron chi connectivity index (χ1n) is 4.45. The van der Waals surface area contributed by atoms with Crippen molar-refractivity contribution < 1.29 is 0 Å². The van der Waals surface area contributed by atoms with Crippen LogP contribution in [0.5, 0.6) is 0 Å². The molecule has 11 heavy (non-hydrogen) atoms. The summed E-state index contributed by atoms with van der Waals surface area (Å²) >= 11 is 0. The average Bonchev–Trinajstić information content (AvgIpc) is 2.04. The van der Waals surface area contributed by atoms with Gasteiger partial charge in [-0.3, -0.25) is 0 Å². The second-order valence-corrected chi connectivity index (χ2v) is 2.91. The molecule has 0 fully saturated rings. The Hall–Kier alpha value is -0.700. The summed E-state index contributed by atoms with van der Waals surface area (Å²) in [5.41, 5.74) is 0.946. The highest BCUT2D eigenvalue weighted by atomic mass is 14.0. The van der Waals surface area contributed by atoms with E-state index in [0.717, 1.165) is 12.0 Å². The lowest BCUT2D eigenvalue weighted by atomic mass is 10.1. The molecule has 0 saturated carbocycles. The smallest absolute Gasteiger partial charge is 0.00542 e. The highest BCUT2D eigenvalue weighted by Crippen LogP contribution is 2.08. The Balaban J connectivity index is 3.03. The Kier molecular flexibility index (Phi) is 6.94. The number of unbranched alkanes of at least 4 members (excludes halogenated alkanes) is 4. The van der Waals surface area contributed by atoms with Crippen LogP contribution in [-0.4, -0.2) is 0 Å². The van der Waals surface area contributed by atoms with E-state index in [2.05, 4.69) is 19.4 Å². The SMILES string of the molecule is C#CC(=C)CCCCCCC. The highest BCUT2D eigenvalue weighted by Gasteiger charge is 1.90. The summed E-state index contributed by atoms with van der Waals surface area (Å²) in [6.07, 6.45) is 12.7. The van der Waals surface area contributed by atoms with Crippen LogP contribution in [0.4, 0.5) is 0 Å². The lowest BCUT2D eigenvalue weighted by Crippen LogP contribution is -1.79. The van der Waals surface area contributed by atoms with Crippen molar-refractivity contribution in [1.29, 1.82) is 0 Å². The molecule has 0 spiro atoms. The predicted octanol–water partition coefficient (Wildman–Crippen LogP) is 3.54. The highest BCUT2D eigenvalue weighted by molar-refractivity contribution is 5.20. The molecule has 0 bridgehead atoms. The maximum atomic E-state index is 5.16. The van der Waals surface area contributed by atoms with E-state index < -0.39 is 0 Å².